The number of carbonyl (C=O) groups excluding carboxylic acids is 1. The summed E-state index contributed by atoms with van der Waals surface area (Å²) in [4.78, 5) is 29.9. The average molecular weight is 413 g/mol. The molecule has 0 radical (unpaired) electrons. The highest BCUT2D eigenvalue weighted by atomic mass is 32.1. The Labute approximate surface area is 170 Å². The number of hydrogen-bond acceptors (Lipinski definition) is 8. The monoisotopic (exact) mass is 413 g/mol. The van der Waals surface area contributed by atoms with Gasteiger partial charge in [-0.3, -0.25) is 14.8 Å². The first-order valence-electron chi connectivity index (χ1n) is 9.15. The number of carbonyl (C=O) groups is 1. The molecule has 1 aliphatic heterocycles. The molecule has 2 aromatic heterocycles. The van der Waals surface area contributed by atoms with Crippen LogP contribution in [0, 0.1) is 10.1 Å². The number of esters is 1. The van der Waals surface area contributed by atoms with Crippen molar-refractivity contribution in [3.8, 4) is 10.6 Å². The van der Waals surface area contributed by atoms with Gasteiger partial charge in [0.15, 0.2) is 0 Å². The molecule has 1 fully saturated rings. The van der Waals surface area contributed by atoms with E-state index in [4.69, 9.17) is 4.74 Å². The largest absolute Gasteiger partial charge is 0.455 e. The highest BCUT2D eigenvalue weighted by Gasteiger charge is 2.23. The number of ether oxygens (including phenoxy) is 1. The van der Waals surface area contributed by atoms with Crippen LogP contribution in [0.15, 0.2) is 36.0 Å². The van der Waals surface area contributed by atoms with Crippen LogP contribution in [0.25, 0.3) is 10.6 Å². The second-order valence-electron chi connectivity index (χ2n) is 6.78. The lowest BCUT2D eigenvalue weighted by Crippen LogP contribution is -2.21. The Morgan fingerprint density at radius 2 is 2.14 bits per heavy atom. The number of nitrogens with zero attached hydrogens (tertiary/aromatic N) is 5. The molecule has 1 saturated heterocycles. The van der Waals surface area contributed by atoms with Crippen molar-refractivity contribution in [3.05, 3.63) is 57.3 Å². The number of aromatic nitrogens is 3. The van der Waals surface area contributed by atoms with Gasteiger partial charge in [-0.05, 0) is 18.9 Å². The molecule has 0 spiro atoms. The summed E-state index contributed by atoms with van der Waals surface area (Å²) < 4.78 is 7.13. The first-order valence-corrected chi connectivity index (χ1v) is 10.0. The van der Waals surface area contributed by atoms with Gasteiger partial charge in [0.05, 0.1) is 28.1 Å². The Bertz CT molecular complexity index is 1050. The minimum absolute atomic E-state index is 0.00225. The molecule has 0 unspecified atom stereocenters. The summed E-state index contributed by atoms with van der Waals surface area (Å²) in [5.74, 6) is -0.591. The van der Waals surface area contributed by atoms with Crippen LogP contribution in [0.3, 0.4) is 0 Å². The average Bonchev–Trinajstić information content (AvgIpc) is 3.47. The van der Waals surface area contributed by atoms with Crippen molar-refractivity contribution in [1.82, 2.24) is 14.8 Å². The standard InChI is InChI=1S/C19H19N5O4S/c1-22-10-13(9-20-22)18-21-14(12-29-18)11-28-19(25)16-8-15(24(26)27)4-5-17(16)23-6-2-3-7-23/h4-5,8-10,12H,2-3,6-7,11H2,1H3. The Balaban J connectivity index is 1.51. The van der Waals surface area contributed by atoms with Crippen molar-refractivity contribution in [2.45, 2.75) is 19.4 Å². The lowest BCUT2D eigenvalue weighted by molar-refractivity contribution is -0.384. The molecule has 4 rings (SSSR count). The van der Waals surface area contributed by atoms with Gasteiger partial charge < -0.3 is 9.64 Å². The number of benzene rings is 1. The molecule has 0 amide bonds. The zero-order valence-corrected chi connectivity index (χ0v) is 16.6. The van der Waals surface area contributed by atoms with Crippen LogP contribution in [-0.2, 0) is 18.4 Å². The summed E-state index contributed by atoms with van der Waals surface area (Å²) in [6.07, 6.45) is 5.64. The normalized spacial score (nSPS) is 13.6. The SMILES string of the molecule is Cn1cc(-c2nc(COC(=O)c3cc([N+](=O)[O-])ccc3N3CCCC3)cs2)cn1. The number of hydrogen-bond donors (Lipinski definition) is 0. The Hall–Kier alpha value is -3.27. The molecular weight excluding hydrogens is 394 g/mol. The topological polar surface area (TPSA) is 103 Å². The summed E-state index contributed by atoms with van der Waals surface area (Å²) in [5.41, 5.74) is 2.27. The molecule has 150 valence electrons. The molecule has 0 saturated carbocycles. The van der Waals surface area contributed by atoms with E-state index in [1.165, 1.54) is 23.5 Å². The van der Waals surface area contributed by atoms with Gasteiger partial charge in [-0.15, -0.1) is 11.3 Å². The molecule has 0 N–H and O–H groups in total. The summed E-state index contributed by atoms with van der Waals surface area (Å²) >= 11 is 1.44. The molecule has 29 heavy (non-hydrogen) atoms. The first kappa shape index (κ1) is 19.1. The van der Waals surface area contributed by atoms with Crippen LogP contribution < -0.4 is 4.90 Å². The van der Waals surface area contributed by atoms with E-state index in [0.717, 1.165) is 36.5 Å². The number of rotatable bonds is 6. The minimum Gasteiger partial charge on any atom is -0.455 e. The fourth-order valence-corrected chi connectivity index (χ4v) is 4.07. The van der Waals surface area contributed by atoms with Gasteiger partial charge in [0.25, 0.3) is 5.69 Å². The highest BCUT2D eigenvalue weighted by Crippen LogP contribution is 2.29. The number of anilines is 1. The third-order valence-corrected chi connectivity index (χ3v) is 5.65. The van der Waals surface area contributed by atoms with Gasteiger partial charge in [0.2, 0.25) is 0 Å². The summed E-state index contributed by atoms with van der Waals surface area (Å²) in [5, 5.41) is 17.9. The molecule has 0 atom stereocenters. The number of nitro benzene ring substituents is 1. The van der Waals surface area contributed by atoms with E-state index in [-0.39, 0.29) is 17.9 Å². The van der Waals surface area contributed by atoms with Crippen LogP contribution >= 0.6 is 11.3 Å². The summed E-state index contributed by atoms with van der Waals surface area (Å²) in [6, 6.07) is 4.34. The van der Waals surface area contributed by atoms with E-state index < -0.39 is 10.9 Å². The van der Waals surface area contributed by atoms with E-state index >= 15 is 0 Å². The van der Waals surface area contributed by atoms with Crippen LogP contribution in [0.4, 0.5) is 11.4 Å². The predicted molar refractivity (Wildman–Crippen MR) is 108 cm³/mol. The maximum atomic E-state index is 12.7. The maximum absolute atomic E-state index is 12.7. The Morgan fingerprint density at radius 3 is 2.83 bits per heavy atom. The molecule has 3 aromatic rings. The van der Waals surface area contributed by atoms with Gasteiger partial charge in [-0.2, -0.15) is 5.10 Å². The van der Waals surface area contributed by atoms with Crippen molar-refractivity contribution in [2.75, 3.05) is 18.0 Å². The minimum atomic E-state index is -0.591. The van der Waals surface area contributed by atoms with Crippen LogP contribution in [0.2, 0.25) is 0 Å². The number of aryl methyl sites for hydroxylation is 1. The fraction of sp³-hybridized carbons (Fsp3) is 0.316. The van der Waals surface area contributed by atoms with Crippen molar-refractivity contribution in [2.24, 2.45) is 7.05 Å². The molecular formula is C19H19N5O4S. The van der Waals surface area contributed by atoms with E-state index in [1.54, 1.807) is 16.9 Å². The van der Waals surface area contributed by atoms with Crippen LogP contribution in [-0.4, -0.2) is 38.7 Å². The molecule has 3 heterocycles. The lowest BCUT2D eigenvalue weighted by atomic mass is 10.1. The Morgan fingerprint density at radius 1 is 1.34 bits per heavy atom. The predicted octanol–water partition coefficient (Wildman–Crippen LogP) is 3.41. The van der Waals surface area contributed by atoms with E-state index in [2.05, 4.69) is 15.0 Å². The number of thiazole rings is 1. The van der Waals surface area contributed by atoms with Crippen LogP contribution in [0.5, 0.6) is 0 Å². The lowest BCUT2D eigenvalue weighted by Gasteiger charge is -2.20. The Kier molecular flexibility index (Phi) is 5.26. The highest BCUT2D eigenvalue weighted by molar-refractivity contribution is 7.13. The van der Waals surface area contributed by atoms with Crippen LogP contribution in [0.1, 0.15) is 28.9 Å². The first-order chi connectivity index (χ1) is 14.0. The van der Waals surface area contributed by atoms with Gasteiger partial charge in [0, 0.05) is 49.4 Å². The zero-order valence-electron chi connectivity index (χ0n) is 15.8. The second kappa shape index (κ2) is 8.00. The van der Waals surface area contributed by atoms with Gasteiger partial charge in [-0.25, -0.2) is 9.78 Å². The number of nitro groups is 1. The van der Waals surface area contributed by atoms with E-state index in [1.807, 2.05) is 18.6 Å². The fourth-order valence-electron chi connectivity index (χ4n) is 3.29. The molecule has 1 aliphatic rings. The third-order valence-electron chi connectivity index (χ3n) is 4.71. The maximum Gasteiger partial charge on any atom is 0.340 e. The third kappa shape index (κ3) is 4.11. The van der Waals surface area contributed by atoms with Gasteiger partial charge in [0.1, 0.15) is 11.6 Å². The summed E-state index contributed by atoms with van der Waals surface area (Å²) in [6.45, 7) is 1.63. The zero-order chi connectivity index (χ0) is 20.4. The smallest absolute Gasteiger partial charge is 0.340 e. The molecule has 9 nitrogen and oxygen atoms in total. The molecule has 0 bridgehead atoms. The molecule has 0 aliphatic carbocycles. The van der Waals surface area contributed by atoms with Crippen molar-refractivity contribution in [1.29, 1.82) is 0 Å². The number of non-ortho nitro benzene ring substituents is 1. The molecule has 10 heteroatoms. The van der Waals surface area contributed by atoms with E-state index in [0.29, 0.717) is 11.4 Å². The second-order valence-corrected chi connectivity index (χ2v) is 7.63. The van der Waals surface area contributed by atoms with Gasteiger partial charge >= 0.3 is 5.97 Å². The van der Waals surface area contributed by atoms with E-state index in [9.17, 15) is 14.9 Å². The quantitative estimate of drug-likeness (QED) is 0.346. The summed E-state index contributed by atoms with van der Waals surface area (Å²) in [7, 11) is 1.83. The van der Waals surface area contributed by atoms with Crippen molar-refractivity contribution >= 4 is 28.7 Å². The van der Waals surface area contributed by atoms with Gasteiger partial charge in [-0.1, -0.05) is 0 Å². The van der Waals surface area contributed by atoms with Crippen molar-refractivity contribution < 1.29 is 14.5 Å². The molecule has 1 aromatic carbocycles. The van der Waals surface area contributed by atoms with Crippen molar-refractivity contribution in [3.63, 3.8) is 0 Å².